The summed E-state index contributed by atoms with van der Waals surface area (Å²) >= 11 is 0. The van der Waals surface area contributed by atoms with Crippen LogP contribution >= 0.6 is 0 Å². The minimum atomic E-state index is -2.38. The number of esters is 14. The SMILES string of the molecule is CC(=O)OC1C2OC(CO)C(OC3OC(CO)C(OC4OC(CO)C(OC5OC(CO)C(OC6OC(COc7ccc(NC(=O)c8ccnc(-c9cc(C)ccn9)c8)cc7)C(OC7OC(CO)C(OC8OC(CO)C(O2)C(OC(C)=O)C8OC(C)=O)C(OC(C)=O)C7OC(C)=O)C(OC(C)=O)C6OC(C)=O)C(OC(C)=O)C5OC(C)=O)C(OC(C)=O)C4OC(C)=O)C(OC(C)=O)C3OC(C)=O)C1OC(C)=O. The van der Waals surface area contributed by atoms with Gasteiger partial charge in [0.25, 0.3) is 5.91 Å². The minimum Gasteiger partial charge on any atom is -0.491 e. The summed E-state index contributed by atoms with van der Waals surface area (Å²) in [4.78, 5) is 215. The third-order valence-corrected chi connectivity index (χ3v) is 22.2. The summed E-state index contributed by atoms with van der Waals surface area (Å²) in [5.41, 5.74) is 2.04. The summed E-state index contributed by atoms with van der Waals surface area (Å²) in [5, 5.41) is 72.4. The summed E-state index contributed by atoms with van der Waals surface area (Å²) < 4.78 is 180. The standard InChI is InChI=1S/C88H111N3O50/c1-33-20-22-89-51(24-33)52-25-48(21-23-90-52)81(112)91-49-16-18-50(19-17-49)113-32-59-66-73(120-40(8)104)80(127-47(15)111)88(134-59)140-65-58(31-97)132-86(78(125-45(13)109)72(65)119-39(7)103)138-63-56(29-95)130-84(76(123-43(11)107)70(63)117-37(5)101)136-61-54(27-93)128-82(74(121-41(9)105)68(61)115-35(3)99)135-60-53(26-92)129-83(75(122-42(10)106)67(60)114-34(2)98)137-62-55(28-94)131-85(77(124-44(12)108)69(62)116-36(4)100)139-64-57(30-96)133-87(141-66)79(126-46(14)110)71(64)118-38(6)102/h16-25,53-80,82-88,92-97H,26-32H2,1-15H3,(H,91,112). The molecule has 21 saturated heterocycles. The zero-order chi connectivity index (χ0) is 103. The smallest absolute Gasteiger partial charge is 0.303 e. The van der Waals surface area contributed by atoms with Gasteiger partial charge in [0.1, 0.15) is 97.8 Å². The molecule has 7 N–H and O–H groups in total. The van der Waals surface area contributed by atoms with Crippen LogP contribution in [0.5, 0.6) is 5.75 Å². The number of pyridine rings is 2. The molecular formula is C88H111N3O50. The maximum Gasteiger partial charge on any atom is 0.303 e. The lowest BCUT2D eigenvalue weighted by Crippen LogP contribution is -2.70. The zero-order valence-corrected chi connectivity index (χ0v) is 78.5. The first-order valence-electron chi connectivity index (χ1n) is 44.1. The lowest BCUT2D eigenvalue weighted by molar-refractivity contribution is -0.396. The first-order chi connectivity index (χ1) is 66.9. The van der Waals surface area contributed by atoms with Crippen LogP contribution in [0.2, 0.25) is 0 Å². The summed E-state index contributed by atoms with van der Waals surface area (Å²) in [6.45, 7) is 4.80. The molecule has 0 spiro atoms. The van der Waals surface area contributed by atoms with E-state index in [-0.39, 0.29) is 17.0 Å². The van der Waals surface area contributed by atoms with Gasteiger partial charge >= 0.3 is 83.6 Å². The average molecular weight is 2010 g/mol. The molecule has 3 aromatic rings. The van der Waals surface area contributed by atoms with Gasteiger partial charge in [-0.3, -0.25) is 81.9 Å². The van der Waals surface area contributed by atoms with Crippen LogP contribution in [0.15, 0.2) is 60.9 Å². The van der Waals surface area contributed by atoms with E-state index in [1.54, 1.807) is 18.3 Å². The van der Waals surface area contributed by atoms with Crippen molar-refractivity contribution in [3.8, 4) is 17.1 Å². The number of hydrogen-bond acceptors (Lipinski definition) is 52. The Kier molecular flexibility index (Phi) is 38.6. The molecule has 53 heteroatoms. The van der Waals surface area contributed by atoms with E-state index in [1.807, 2.05) is 6.92 Å². The largest absolute Gasteiger partial charge is 0.491 e. The molecule has 35 unspecified atom stereocenters. The molecule has 14 bridgehead atoms. The van der Waals surface area contributed by atoms with Gasteiger partial charge in [-0.05, 0) is 61.0 Å². The van der Waals surface area contributed by atoms with Gasteiger partial charge in [0.15, 0.2) is 129 Å². The number of aromatic nitrogens is 2. The van der Waals surface area contributed by atoms with E-state index in [1.165, 1.54) is 42.6 Å². The first kappa shape index (κ1) is 110. The van der Waals surface area contributed by atoms with Gasteiger partial charge in [-0.15, -0.1) is 0 Å². The van der Waals surface area contributed by atoms with Crippen molar-refractivity contribution in [2.75, 3.05) is 51.6 Å². The number of amides is 1. The van der Waals surface area contributed by atoms with Crippen molar-refractivity contribution in [1.82, 2.24) is 9.97 Å². The van der Waals surface area contributed by atoms with Gasteiger partial charge < -0.3 is 173 Å². The number of nitrogens with one attached hydrogen (secondary N) is 1. The Morgan fingerprint density at radius 2 is 0.461 bits per heavy atom. The van der Waals surface area contributed by atoms with Crippen molar-refractivity contribution in [3.05, 3.63) is 72.1 Å². The van der Waals surface area contributed by atoms with E-state index < -0.39 is 351 Å². The number of carbonyl (C=O) groups excluding carboxylic acids is 15. The summed E-state index contributed by atoms with van der Waals surface area (Å²) in [5.74, 6) is -18.2. The molecule has 21 aliphatic heterocycles. The summed E-state index contributed by atoms with van der Waals surface area (Å²) in [7, 11) is 0. The number of aliphatic hydroxyl groups is 6. The number of ether oxygens (including phenoxy) is 29. The molecule has 21 aliphatic rings. The van der Waals surface area contributed by atoms with E-state index in [0.29, 0.717) is 11.4 Å². The fourth-order valence-corrected chi connectivity index (χ4v) is 17.1. The van der Waals surface area contributed by atoms with Gasteiger partial charge in [-0.2, -0.15) is 0 Å². The highest BCUT2D eigenvalue weighted by molar-refractivity contribution is 6.04. The molecule has 0 saturated carbocycles. The van der Waals surface area contributed by atoms with Crippen LogP contribution in [-0.2, 0) is 200 Å². The van der Waals surface area contributed by atoms with Gasteiger partial charge in [-0.1, -0.05) is 0 Å². The van der Waals surface area contributed by atoms with Crippen LogP contribution in [0.1, 0.15) is 113 Å². The predicted molar refractivity (Wildman–Crippen MR) is 447 cm³/mol. The van der Waals surface area contributed by atoms with Gasteiger partial charge in [0, 0.05) is 121 Å². The Morgan fingerprint density at radius 1 is 0.262 bits per heavy atom. The fourth-order valence-electron chi connectivity index (χ4n) is 17.1. The molecule has 23 heterocycles. The number of rotatable bonds is 26. The Morgan fingerprint density at radius 3 is 0.674 bits per heavy atom. The lowest BCUT2D eigenvalue weighted by atomic mass is 9.94. The molecule has 35 atom stereocenters. The Bertz CT molecular complexity index is 4820. The van der Waals surface area contributed by atoms with Crippen molar-refractivity contribution in [1.29, 1.82) is 0 Å². The van der Waals surface area contributed by atoms with Crippen molar-refractivity contribution >= 4 is 95.2 Å². The molecule has 778 valence electrons. The second kappa shape index (κ2) is 49.5. The van der Waals surface area contributed by atoms with Crippen LogP contribution < -0.4 is 10.1 Å². The molecule has 53 nitrogen and oxygen atoms in total. The Labute approximate surface area is 801 Å². The van der Waals surface area contributed by atoms with Crippen LogP contribution in [0, 0.1) is 6.92 Å². The van der Waals surface area contributed by atoms with Crippen molar-refractivity contribution in [2.45, 2.75) is 319 Å². The number of aryl methyl sites for hydroxylation is 1. The van der Waals surface area contributed by atoms with Crippen LogP contribution in [0.4, 0.5) is 5.69 Å². The van der Waals surface area contributed by atoms with E-state index in [0.717, 1.165) is 102 Å². The zero-order valence-electron chi connectivity index (χ0n) is 78.5. The number of aliphatic hydroxyl groups excluding tert-OH is 6. The minimum absolute atomic E-state index is 0.0809. The van der Waals surface area contributed by atoms with E-state index in [4.69, 9.17) is 137 Å². The Hall–Kier alpha value is -11.4. The average Bonchev–Trinajstić information content (AvgIpc) is 0.866. The first-order valence-corrected chi connectivity index (χ1v) is 44.1. The highest BCUT2D eigenvalue weighted by Crippen LogP contribution is 2.45. The number of benzene rings is 1. The monoisotopic (exact) mass is 2010 g/mol. The van der Waals surface area contributed by atoms with Crippen LogP contribution in [0.3, 0.4) is 0 Å². The quantitative estimate of drug-likeness (QED) is 0.0308. The van der Waals surface area contributed by atoms with Crippen molar-refractivity contribution < 1.29 is 240 Å². The van der Waals surface area contributed by atoms with Crippen LogP contribution in [-0.4, -0.2) is 391 Å². The van der Waals surface area contributed by atoms with Gasteiger partial charge in [0.05, 0.1) is 51.0 Å². The molecule has 0 radical (unpaired) electrons. The number of nitrogens with zero attached hydrogens (tertiary/aromatic N) is 2. The molecule has 0 aliphatic carbocycles. The molecule has 21 fully saturated rings. The molecule has 141 heavy (non-hydrogen) atoms. The number of hydrogen-bond donors (Lipinski definition) is 7. The maximum atomic E-state index is 14.1. The molecular weight excluding hydrogens is 1900 g/mol. The molecule has 2 aromatic heterocycles. The second-order valence-electron chi connectivity index (χ2n) is 33.1. The highest BCUT2D eigenvalue weighted by Gasteiger charge is 2.66. The van der Waals surface area contributed by atoms with Crippen molar-refractivity contribution in [2.24, 2.45) is 0 Å². The van der Waals surface area contributed by atoms with Crippen molar-refractivity contribution in [3.63, 3.8) is 0 Å². The molecule has 24 rings (SSSR count). The van der Waals surface area contributed by atoms with E-state index >= 15 is 0 Å². The van der Waals surface area contributed by atoms with Gasteiger partial charge in [0.2, 0.25) is 0 Å². The highest BCUT2D eigenvalue weighted by atomic mass is 16.8. The van der Waals surface area contributed by atoms with E-state index in [9.17, 15) is 103 Å². The third kappa shape index (κ3) is 27.9. The normalized spacial score (nSPS) is 34.7. The molecule has 1 aromatic carbocycles. The number of anilines is 1. The third-order valence-electron chi connectivity index (χ3n) is 22.2. The second-order valence-corrected chi connectivity index (χ2v) is 33.1. The molecule has 1 amide bonds. The van der Waals surface area contributed by atoms with Crippen LogP contribution in [0.25, 0.3) is 11.4 Å². The Balaban J connectivity index is 1.10. The van der Waals surface area contributed by atoms with E-state index in [2.05, 4.69) is 15.3 Å². The summed E-state index contributed by atoms with van der Waals surface area (Å²) in [6.07, 6.45) is -75.1. The topological polar surface area (TPSA) is 683 Å². The predicted octanol–water partition coefficient (Wildman–Crippen LogP) is -3.13. The van der Waals surface area contributed by atoms with Gasteiger partial charge in [-0.25, -0.2) is 0 Å². The number of carbonyl (C=O) groups is 15. The maximum absolute atomic E-state index is 14.1. The summed E-state index contributed by atoms with van der Waals surface area (Å²) in [6, 6.07) is 12.0. The fraction of sp³-hybridized carbons (Fsp3) is 0.648. The lowest BCUT2D eigenvalue weighted by Gasteiger charge is -2.51.